The summed E-state index contributed by atoms with van der Waals surface area (Å²) in [5, 5.41) is 0.530. The van der Waals surface area contributed by atoms with Gasteiger partial charge in [0.25, 0.3) is 0 Å². The van der Waals surface area contributed by atoms with Crippen LogP contribution in [0.5, 0.6) is 11.5 Å². The van der Waals surface area contributed by atoms with Gasteiger partial charge in [0.15, 0.2) is 17.6 Å². The first kappa shape index (κ1) is 18.8. The van der Waals surface area contributed by atoms with Crippen molar-refractivity contribution in [3.05, 3.63) is 58.6 Å². The highest BCUT2D eigenvalue weighted by Gasteiger charge is 2.21. The Bertz CT molecular complexity index is 755. The second kappa shape index (κ2) is 8.53. The van der Waals surface area contributed by atoms with E-state index in [9.17, 15) is 9.59 Å². The minimum Gasteiger partial charge on any atom is -0.493 e. The van der Waals surface area contributed by atoms with Crippen LogP contribution in [0.15, 0.2) is 42.5 Å². The zero-order valence-corrected chi connectivity index (χ0v) is 15.0. The summed E-state index contributed by atoms with van der Waals surface area (Å²) in [4.78, 5) is 24.6. The molecule has 0 spiro atoms. The maximum atomic E-state index is 12.3. The lowest BCUT2D eigenvalue weighted by Crippen LogP contribution is -2.24. The lowest BCUT2D eigenvalue weighted by molar-refractivity contribution is 0.0318. The van der Waals surface area contributed by atoms with Crippen LogP contribution in [0.3, 0.4) is 0 Å². The van der Waals surface area contributed by atoms with Crippen LogP contribution < -0.4 is 9.47 Å². The Hall–Kier alpha value is -2.53. The number of carbonyl (C=O) groups excluding carboxylic acids is 2. The van der Waals surface area contributed by atoms with E-state index >= 15 is 0 Å². The number of Topliss-reactive ketones (excluding diaryl/α,β-unsaturated/α-hetero) is 1. The number of ether oxygens (including phenoxy) is 3. The summed E-state index contributed by atoms with van der Waals surface area (Å²) in [6.45, 7) is 3.79. The minimum atomic E-state index is -0.925. The molecule has 5 nitrogen and oxygen atoms in total. The zero-order chi connectivity index (χ0) is 18.4. The van der Waals surface area contributed by atoms with E-state index in [-0.39, 0.29) is 11.3 Å². The Morgan fingerprint density at radius 3 is 2.28 bits per heavy atom. The van der Waals surface area contributed by atoms with E-state index in [4.69, 9.17) is 25.8 Å². The van der Waals surface area contributed by atoms with Crippen molar-refractivity contribution in [2.24, 2.45) is 0 Å². The van der Waals surface area contributed by atoms with Crippen molar-refractivity contribution in [2.75, 3.05) is 13.7 Å². The van der Waals surface area contributed by atoms with Crippen LogP contribution in [0.25, 0.3) is 0 Å². The topological polar surface area (TPSA) is 61.8 Å². The fourth-order valence-corrected chi connectivity index (χ4v) is 2.33. The molecule has 0 unspecified atom stereocenters. The van der Waals surface area contributed by atoms with E-state index in [1.54, 1.807) is 36.4 Å². The third kappa shape index (κ3) is 4.73. The van der Waals surface area contributed by atoms with Gasteiger partial charge in [-0.1, -0.05) is 11.6 Å². The molecule has 0 saturated carbocycles. The number of ketones is 1. The molecular weight excluding hydrogens is 344 g/mol. The van der Waals surface area contributed by atoms with Crippen LogP contribution in [0.1, 0.15) is 34.6 Å². The van der Waals surface area contributed by atoms with Gasteiger partial charge in [0, 0.05) is 10.6 Å². The van der Waals surface area contributed by atoms with Crippen molar-refractivity contribution >= 4 is 23.4 Å². The van der Waals surface area contributed by atoms with Crippen molar-refractivity contribution in [1.82, 2.24) is 0 Å². The number of rotatable bonds is 7. The van der Waals surface area contributed by atoms with Crippen LogP contribution in [0, 0.1) is 0 Å². The molecule has 25 heavy (non-hydrogen) atoms. The lowest BCUT2D eigenvalue weighted by atomic mass is 10.1. The molecule has 132 valence electrons. The van der Waals surface area contributed by atoms with Crippen LogP contribution in [0.4, 0.5) is 0 Å². The fourth-order valence-electron chi connectivity index (χ4n) is 2.20. The van der Waals surface area contributed by atoms with Gasteiger partial charge >= 0.3 is 5.97 Å². The molecule has 6 heteroatoms. The summed E-state index contributed by atoms with van der Waals surface area (Å²) in [6.07, 6.45) is -0.925. The van der Waals surface area contributed by atoms with Gasteiger partial charge in [-0.15, -0.1) is 0 Å². The van der Waals surface area contributed by atoms with Crippen molar-refractivity contribution < 1.29 is 23.8 Å². The first-order valence-electron chi connectivity index (χ1n) is 7.77. The van der Waals surface area contributed by atoms with Crippen LogP contribution in [-0.4, -0.2) is 31.6 Å². The van der Waals surface area contributed by atoms with Crippen molar-refractivity contribution in [3.63, 3.8) is 0 Å². The van der Waals surface area contributed by atoms with E-state index in [2.05, 4.69) is 0 Å². The molecule has 0 bridgehead atoms. The third-order valence-corrected chi connectivity index (χ3v) is 3.73. The maximum absolute atomic E-state index is 12.3. The highest BCUT2D eigenvalue weighted by molar-refractivity contribution is 6.30. The maximum Gasteiger partial charge on any atom is 0.338 e. The second-order valence-electron chi connectivity index (χ2n) is 5.22. The molecule has 0 fully saturated rings. The average Bonchev–Trinajstić information content (AvgIpc) is 2.61. The molecule has 0 aromatic heterocycles. The van der Waals surface area contributed by atoms with Crippen molar-refractivity contribution in [3.8, 4) is 11.5 Å². The number of carbonyl (C=O) groups is 2. The summed E-state index contributed by atoms with van der Waals surface area (Å²) >= 11 is 5.81. The summed E-state index contributed by atoms with van der Waals surface area (Å²) in [6, 6.07) is 11.1. The second-order valence-corrected chi connectivity index (χ2v) is 5.65. The van der Waals surface area contributed by atoms with Crippen LogP contribution in [-0.2, 0) is 4.74 Å². The quantitative estimate of drug-likeness (QED) is 0.546. The zero-order valence-electron chi connectivity index (χ0n) is 14.2. The van der Waals surface area contributed by atoms with Crippen molar-refractivity contribution in [2.45, 2.75) is 20.0 Å². The Labute approximate surface area is 151 Å². The lowest BCUT2D eigenvalue weighted by Gasteiger charge is -2.14. The van der Waals surface area contributed by atoms with Crippen LogP contribution >= 0.6 is 11.6 Å². The minimum absolute atomic E-state index is 0.278. The fraction of sp³-hybridized carbons (Fsp3) is 0.263. The molecule has 0 N–H and O–H groups in total. The highest BCUT2D eigenvalue weighted by Crippen LogP contribution is 2.28. The molecule has 0 aliphatic carbocycles. The SMILES string of the molecule is CCOc1cc(C(=O)O[C@H](C)C(=O)c2ccc(Cl)cc2)ccc1OC. The summed E-state index contributed by atoms with van der Waals surface area (Å²) in [5.41, 5.74) is 0.703. The monoisotopic (exact) mass is 362 g/mol. The molecule has 0 amide bonds. The van der Waals surface area contributed by atoms with Gasteiger partial charge in [0.1, 0.15) is 0 Å². The van der Waals surface area contributed by atoms with Gasteiger partial charge in [0.05, 0.1) is 19.3 Å². The summed E-state index contributed by atoms with van der Waals surface area (Å²) < 4.78 is 15.9. The van der Waals surface area contributed by atoms with Gasteiger partial charge in [-0.2, -0.15) is 0 Å². The van der Waals surface area contributed by atoms with E-state index in [0.29, 0.717) is 28.7 Å². The van der Waals surface area contributed by atoms with Gasteiger partial charge < -0.3 is 14.2 Å². The van der Waals surface area contributed by atoms with Gasteiger partial charge in [-0.3, -0.25) is 4.79 Å². The predicted molar refractivity (Wildman–Crippen MR) is 94.8 cm³/mol. The number of esters is 1. The van der Waals surface area contributed by atoms with Crippen molar-refractivity contribution in [1.29, 1.82) is 0 Å². The number of benzene rings is 2. The van der Waals surface area contributed by atoms with E-state index < -0.39 is 12.1 Å². The largest absolute Gasteiger partial charge is 0.493 e. The molecule has 1 atom stereocenters. The first-order valence-corrected chi connectivity index (χ1v) is 8.15. The number of methoxy groups -OCH3 is 1. The predicted octanol–water partition coefficient (Wildman–Crippen LogP) is 4.18. The number of hydrogen-bond donors (Lipinski definition) is 0. The molecule has 0 saturated heterocycles. The number of hydrogen-bond acceptors (Lipinski definition) is 5. The normalized spacial score (nSPS) is 11.5. The smallest absolute Gasteiger partial charge is 0.338 e. The highest BCUT2D eigenvalue weighted by atomic mass is 35.5. The average molecular weight is 363 g/mol. The molecule has 2 rings (SSSR count). The Kier molecular flexibility index (Phi) is 6.42. The van der Waals surface area contributed by atoms with Gasteiger partial charge in [-0.25, -0.2) is 4.79 Å². The summed E-state index contributed by atoms with van der Waals surface area (Å²) in [7, 11) is 1.52. The van der Waals surface area contributed by atoms with Gasteiger partial charge in [0.2, 0.25) is 5.78 Å². The van der Waals surface area contributed by atoms with E-state index in [1.165, 1.54) is 20.1 Å². The third-order valence-electron chi connectivity index (χ3n) is 3.48. The molecule has 0 aliphatic heterocycles. The van der Waals surface area contributed by atoms with Crippen LogP contribution in [0.2, 0.25) is 5.02 Å². The molecule has 0 radical (unpaired) electrons. The molecule has 2 aromatic rings. The number of halogens is 1. The van der Waals surface area contributed by atoms with E-state index in [0.717, 1.165) is 0 Å². The van der Waals surface area contributed by atoms with E-state index in [1.807, 2.05) is 6.92 Å². The Balaban J connectivity index is 2.11. The molecule has 2 aromatic carbocycles. The molecule has 0 heterocycles. The van der Waals surface area contributed by atoms with Gasteiger partial charge in [-0.05, 0) is 56.3 Å². The molecular formula is C19H19ClO5. The Morgan fingerprint density at radius 2 is 1.68 bits per heavy atom. The Morgan fingerprint density at radius 1 is 1.04 bits per heavy atom. The summed E-state index contributed by atoms with van der Waals surface area (Å²) in [5.74, 6) is 0.0433. The molecule has 0 aliphatic rings. The first-order chi connectivity index (χ1) is 12.0. The standard InChI is InChI=1S/C19H19ClO5/c1-4-24-17-11-14(7-10-16(17)23-3)19(22)25-12(2)18(21)13-5-8-15(20)9-6-13/h5-12H,4H2,1-3H3/t12-/m1/s1.